The van der Waals surface area contributed by atoms with Gasteiger partial charge in [0.05, 0.1) is 13.0 Å². The highest BCUT2D eigenvalue weighted by molar-refractivity contribution is 5.28. The van der Waals surface area contributed by atoms with Crippen LogP contribution in [0.5, 0.6) is 5.75 Å². The van der Waals surface area contributed by atoms with E-state index in [1.165, 1.54) is 16.7 Å². The van der Waals surface area contributed by atoms with Gasteiger partial charge in [0.1, 0.15) is 12.4 Å². The van der Waals surface area contributed by atoms with Gasteiger partial charge in [0, 0.05) is 6.54 Å². The Morgan fingerprint density at radius 1 is 1.00 bits per heavy atom. The average Bonchev–Trinajstić information content (AvgIpc) is 3.04. The second-order valence-electron chi connectivity index (χ2n) is 6.60. The molecule has 0 N–H and O–H groups in total. The zero-order chi connectivity index (χ0) is 18.4. The molecule has 3 rings (SSSR count). The zero-order valence-corrected chi connectivity index (χ0v) is 15.6. The Labute approximate surface area is 154 Å². The van der Waals surface area contributed by atoms with Crippen molar-refractivity contribution in [3.05, 3.63) is 77.0 Å². The highest BCUT2D eigenvalue weighted by Gasteiger charge is 2.10. The largest absolute Gasteiger partial charge is 0.492 e. The molecule has 0 saturated carbocycles. The maximum Gasteiger partial charge on any atom is 0.230 e. The quantitative estimate of drug-likeness (QED) is 0.618. The van der Waals surface area contributed by atoms with Gasteiger partial charge in [-0.05, 0) is 49.7 Å². The third-order valence-corrected chi connectivity index (χ3v) is 4.25. The van der Waals surface area contributed by atoms with E-state index in [4.69, 9.17) is 9.15 Å². The number of nitrogens with zero attached hydrogens (tertiary/aromatic N) is 3. The lowest BCUT2D eigenvalue weighted by Gasteiger charge is -2.14. The molecule has 5 heteroatoms. The van der Waals surface area contributed by atoms with Crippen molar-refractivity contribution in [3.63, 3.8) is 0 Å². The summed E-state index contributed by atoms with van der Waals surface area (Å²) in [5.41, 5.74) is 3.64. The number of benzene rings is 2. The van der Waals surface area contributed by atoms with E-state index in [0.29, 0.717) is 31.4 Å². The molecule has 0 radical (unpaired) electrons. The number of hydrogen-bond donors (Lipinski definition) is 0. The molecule has 0 bridgehead atoms. The molecule has 0 aliphatic rings. The maximum atomic E-state index is 5.79. The molecule has 1 aromatic heterocycles. The van der Waals surface area contributed by atoms with Gasteiger partial charge < -0.3 is 9.15 Å². The third-order valence-electron chi connectivity index (χ3n) is 4.25. The maximum absolute atomic E-state index is 5.79. The Morgan fingerprint density at radius 2 is 1.81 bits per heavy atom. The number of ether oxygens (including phenoxy) is 1. The number of aromatic nitrogens is 2. The Morgan fingerprint density at radius 3 is 2.62 bits per heavy atom. The van der Waals surface area contributed by atoms with Crippen LogP contribution in [0.4, 0.5) is 0 Å². The molecule has 136 valence electrons. The Balaban J connectivity index is 1.47. The van der Waals surface area contributed by atoms with E-state index >= 15 is 0 Å². The van der Waals surface area contributed by atoms with E-state index < -0.39 is 0 Å². The first-order chi connectivity index (χ1) is 12.6. The first-order valence-electron chi connectivity index (χ1n) is 8.84. The van der Waals surface area contributed by atoms with Gasteiger partial charge >= 0.3 is 0 Å². The summed E-state index contributed by atoms with van der Waals surface area (Å²) in [6, 6.07) is 16.3. The van der Waals surface area contributed by atoms with Crippen LogP contribution in [0.2, 0.25) is 0 Å². The minimum Gasteiger partial charge on any atom is -0.492 e. The van der Waals surface area contributed by atoms with Crippen LogP contribution in [0.3, 0.4) is 0 Å². The summed E-state index contributed by atoms with van der Waals surface area (Å²) >= 11 is 0. The van der Waals surface area contributed by atoms with Crippen molar-refractivity contribution in [3.8, 4) is 5.75 Å². The van der Waals surface area contributed by atoms with E-state index in [2.05, 4.69) is 47.1 Å². The summed E-state index contributed by atoms with van der Waals surface area (Å²) in [5, 5.41) is 8.33. The summed E-state index contributed by atoms with van der Waals surface area (Å²) in [4.78, 5) is 2.11. The molecule has 0 fully saturated rings. The first-order valence-corrected chi connectivity index (χ1v) is 8.84. The van der Waals surface area contributed by atoms with Crippen molar-refractivity contribution in [1.29, 1.82) is 0 Å². The number of rotatable bonds is 8. The average molecular weight is 351 g/mol. The summed E-state index contributed by atoms with van der Waals surface area (Å²) in [6.07, 6.45) is 0.667. The fraction of sp³-hybridized carbons (Fsp3) is 0.333. The predicted molar refractivity (Wildman–Crippen MR) is 101 cm³/mol. The van der Waals surface area contributed by atoms with Crippen LogP contribution in [0, 0.1) is 13.8 Å². The lowest BCUT2D eigenvalue weighted by molar-refractivity contribution is 0.218. The Hall–Kier alpha value is -2.66. The van der Waals surface area contributed by atoms with Crippen LogP contribution in [0.15, 0.2) is 52.9 Å². The number of aryl methyl sites for hydroxylation is 2. The molecule has 0 atom stereocenters. The van der Waals surface area contributed by atoms with Crippen molar-refractivity contribution in [2.45, 2.75) is 26.8 Å². The zero-order valence-electron chi connectivity index (χ0n) is 15.6. The summed E-state index contributed by atoms with van der Waals surface area (Å²) < 4.78 is 11.6. The summed E-state index contributed by atoms with van der Waals surface area (Å²) in [5.74, 6) is 2.18. The Kier molecular flexibility index (Phi) is 6.02. The summed E-state index contributed by atoms with van der Waals surface area (Å²) in [6.45, 7) is 6.16. The molecule has 26 heavy (non-hydrogen) atoms. The van der Waals surface area contributed by atoms with Crippen molar-refractivity contribution < 1.29 is 9.15 Å². The van der Waals surface area contributed by atoms with Crippen LogP contribution in [0.1, 0.15) is 28.5 Å². The molecule has 0 aliphatic heterocycles. The second-order valence-corrected chi connectivity index (χ2v) is 6.60. The van der Waals surface area contributed by atoms with E-state index in [1.54, 1.807) is 0 Å². The molecular weight excluding hydrogens is 326 g/mol. The normalized spacial score (nSPS) is 11.1. The van der Waals surface area contributed by atoms with Gasteiger partial charge in [-0.25, -0.2) is 0 Å². The predicted octanol–water partition coefficient (Wildman–Crippen LogP) is 3.79. The molecule has 0 spiro atoms. The van der Waals surface area contributed by atoms with E-state index in [9.17, 15) is 0 Å². The van der Waals surface area contributed by atoms with E-state index in [-0.39, 0.29) is 0 Å². The lowest BCUT2D eigenvalue weighted by atomic mass is 10.1. The second kappa shape index (κ2) is 8.63. The number of likely N-dealkylation sites (N-methyl/N-ethyl adjacent to an activating group) is 1. The number of hydrogen-bond acceptors (Lipinski definition) is 5. The van der Waals surface area contributed by atoms with Crippen molar-refractivity contribution >= 4 is 0 Å². The van der Waals surface area contributed by atoms with Gasteiger partial charge in [-0.15, -0.1) is 10.2 Å². The SMILES string of the molecule is Cc1cccc(OCCN(C)Cc2nnc(Cc3ccccc3C)o2)c1. The van der Waals surface area contributed by atoms with Crippen molar-refractivity contribution in [2.75, 3.05) is 20.2 Å². The van der Waals surface area contributed by atoms with Gasteiger partial charge in [-0.1, -0.05) is 36.4 Å². The molecule has 3 aromatic rings. The molecule has 0 unspecified atom stereocenters. The molecule has 0 aliphatic carbocycles. The molecule has 0 saturated heterocycles. The van der Waals surface area contributed by atoms with Crippen molar-refractivity contribution in [2.24, 2.45) is 0 Å². The van der Waals surface area contributed by atoms with Crippen LogP contribution in [-0.2, 0) is 13.0 Å². The highest BCUT2D eigenvalue weighted by Crippen LogP contribution is 2.14. The minimum absolute atomic E-state index is 0.609. The lowest BCUT2D eigenvalue weighted by Crippen LogP contribution is -2.24. The fourth-order valence-electron chi connectivity index (χ4n) is 2.73. The highest BCUT2D eigenvalue weighted by atomic mass is 16.5. The van der Waals surface area contributed by atoms with Crippen LogP contribution in [-0.4, -0.2) is 35.3 Å². The minimum atomic E-state index is 0.609. The van der Waals surface area contributed by atoms with E-state index in [1.807, 2.05) is 37.4 Å². The van der Waals surface area contributed by atoms with Crippen LogP contribution < -0.4 is 4.74 Å². The van der Waals surface area contributed by atoms with E-state index in [0.717, 1.165) is 12.3 Å². The van der Waals surface area contributed by atoms with Gasteiger partial charge in [0.25, 0.3) is 0 Å². The Bertz CT molecular complexity index is 845. The van der Waals surface area contributed by atoms with Crippen molar-refractivity contribution in [1.82, 2.24) is 15.1 Å². The summed E-state index contributed by atoms with van der Waals surface area (Å²) in [7, 11) is 2.02. The van der Waals surface area contributed by atoms with Gasteiger partial charge in [-0.3, -0.25) is 4.90 Å². The molecule has 5 nitrogen and oxygen atoms in total. The van der Waals surface area contributed by atoms with Gasteiger partial charge in [0.15, 0.2) is 0 Å². The topological polar surface area (TPSA) is 51.4 Å². The smallest absolute Gasteiger partial charge is 0.230 e. The standard InChI is InChI=1S/C21H25N3O2/c1-16-7-6-10-19(13-16)25-12-11-24(3)15-21-23-22-20(26-21)14-18-9-5-4-8-17(18)2/h4-10,13H,11-12,14-15H2,1-3H3. The van der Waals surface area contributed by atoms with Crippen LogP contribution >= 0.6 is 0 Å². The first kappa shape index (κ1) is 18.1. The molecular formula is C21H25N3O2. The van der Waals surface area contributed by atoms with Crippen LogP contribution in [0.25, 0.3) is 0 Å². The van der Waals surface area contributed by atoms with Gasteiger partial charge in [-0.2, -0.15) is 0 Å². The van der Waals surface area contributed by atoms with Gasteiger partial charge in [0.2, 0.25) is 11.8 Å². The molecule has 0 amide bonds. The molecule has 1 heterocycles. The fourth-order valence-corrected chi connectivity index (χ4v) is 2.73. The third kappa shape index (κ3) is 5.17. The monoisotopic (exact) mass is 351 g/mol. The molecule has 2 aromatic carbocycles.